The van der Waals surface area contributed by atoms with E-state index < -0.39 is 6.55 Å². The van der Waals surface area contributed by atoms with E-state index in [4.69, 9.17) is 0 Å². The summed E-state index contributed by atoms with van der Waals surface area (Å²) < 4.78 is 28.4. The Balaban J connectivity index is 0.00000338. The topological polar surface area (TPSA) is 72.1 Å². The lowest BCUT2D eigenvalue weighted by molar-refractivity contribution is 0.0668. The second-order valence-corrected chi connectivity index (χ2v) is 5.98. The van der Waals surface area contributed by atoms with E-state index in [0.29, 0.717) is 5.96 Å². The summed E-state index contributed by atoms with van der Waals surface area (Å²) >= 11 is 0. The van der Waals surface area contributed by atoms with Crippen molar-refractivity contribution in [2.24, 2.45) is 12.0 Å². The molecule has 0 fully saturated rings. The molecule has 0 saturated carbocycles. The normalized spacial score (nSPS) is 12.8. The fourth-order valence-electron chi connectivity index (χ4n) is 2.72. The SMILES string of the molecule is CN=C(NCc1nccn1C(F)F)NC(C)Cc1c(C)nn(C)c1C.I. The molecule has 0 aliphatic rings. The molecule has 2 heterocycles. The number of rotatable bonds is 6. The number of guanidine groups is 1. The maximum atomic E-state index is 12.8. The first-order valence-corrected chi connectivity index (χ1v) is 8.09. The average molecular weight is 481 g/mol. The van der Waals surface area contributed by atoms with Crippen LogP contribution in [0.4, 0.5) is 8.78 Å². The summed E-state index contributed by atoms with van der Waals surface area (Å²) in [7, 11) is 3.57. The van der Waals surface area contributed by atoms with E-state index in [9.17, 15) is 8.78 Å². The van der Waals surface area contributed by atoms with Crippen LogP contribution in [0, 0.1) is 13.8 Å². The zero-order valence-corrected chi connectivity index (χ0v) is 18.0. The number of nitrogens with one attached hydrogen (secondary N) is 2. The first kappa shape index (κ1) is 22.3. The smallest absolute Gasteiger partial charge is 0.319 e. The Hall–Kier alpha value is -1.72. The van der Waals surface area contributed by atoms with Crippen molar-refractivity contribution in [2.75, 3.05) is 7.05 Å². The Bertz CT molecular complexity index is 739. The Kier molecular flexibility index (Phi) is 8.44. The lowest BCUT2D eigenvalue weighted by Crippen LogP contribution is -2.43. The second kappa shape index (κ2) is 9.83. The number of aryl methyl sites for hydroxylation is 2. The number of alkyl halides is 2. The molecule has 146 valence electrons. The molecular formula is C16H26F2IN7. The van der Waals surface area contributed by atoms with E-state index in [-0.39, 0.29) is 42.4 Å². The van der Waals surface area contributed by atoms with Crippen molar-refractivity contribution in [2.45, 2.75) is 46.3 Å². The van der Waals surface area contributed by atoms with Gasteiger partial charge >= 0.3 is 6.55 Å². The van der Waals surface area contributed by atoms with Crippen LogP contribution in [0.3, 0.4) is 0 Å². The van der Waals surface area contributed by atoms with E-state index in [0.717, 1.165) is 22.4 Å². The van der Waals surface area contributed by atoms with E-state index in [2.05, 4.69) is 25.7 Å². The molecule has 2 N–H and O–H groups in total. The third kappa shape index (κ3) is 5.39. The van der Waals surface area contributed by atoms with Crippen LogP contribution in [0.5, 0.6) is 0 Å². The number of aromatic nitrogens is 4. The van der Waals surface area contributed by atoms with E-state index >= 15 is 0 Å². The summed E-state index contributed by atoms with van der Waals surface area (Å²) in [5.74, 6) is 0.792. The Labute approximate surface area is 169 Å². The van der Waals surface area contributed by atoms with Gasteiger partial charge in [0.1, 0.15) is 5.82 Å². The van der Waals surface area contributed by atoms with Gasteiger partial charge in [-0.25, -0.2) is 4.98 Å². The number of hydrogen-bond donors (Lipinski definition) is 2. The van der Waals surface area contributed by atoms with E-state index in [1.807, 2.05) is 32.5 Å². The van der Waals surface area contributed by atoms with Crippen molar-refractivity contribution in [1.29, 1.82) is 0 Å². The number of aliphatic imine (C=N–C) groups is 1. The van der Waals surface area contributed by atoms with Gasteiger partial charge in [-0.1, -0.05) is 0 Å². The molecule has 0 aliphatic carbocycles. The molecule has 0 aromatic carbocycles. The van der Waals surface area contributed by atoms with E-state index in [1.165, 1.54) is 18.0 Å². The predicted octanol–water partition coefficient (Wildman–Crippen LogP) is 2.54. The number of imidazole rings is 1. The highest BCUT2D eigenvalue weighted by atomic mass is 127. The van der Waals surface area contributed by atoms with Crippen molar-refractivity contribution in [3.05, 3.63) is 35.2 Å². The highest BCUT2D eigenvalue weighted by Crippen LogP contribution is 2.14. The molecule has 2 aromatic heterocycles. The van der Waals surface area contributed by atoms with Crippen LogP contribution in [0.1, 0.15) is 36.2 Å². The van der Waals surface area contributed by atoms with Crippen molar-refractivity contribution in [1.82, 2.24) is 30.0 Å². The fraction of sp³-hybridized carbons (Fsp3) is 0.562. The Morgan fingerprint density at radius 2 is 2.04 bits per heavy atom. The van der Waals surface area contributed by atoms with Gasteiger partial charge in [0.05, 0.1) is 12.2 Å². The minimum absolute atomic E-state index is 0. The molecule has 0 bridgehead atoms. The Morgan fingerprint density at radius 1 is 1.35 bits per heavy atom. The first-order valence-electron chi connectivity index (χ1n) is 8.09. The molecule has 0 radical (unpaired) electrons. The molecule has 0 spiro atoms. The van der Waals surface area contributed by atoms with Crippen molar-refractivity contribution >= 4 is 29.9 Å². The molecule has 0 aliphatic heterocycles. The van der Waals surface area contributed by atoms with Crippen LogP contribution in [0.15, 0.2) is 17.4 Å². The third-order valence-electron chi connectivity index (χ3n) is 4.15. The van der Waals surface area contributed by atoms with Gasteiger partial charge in [0.2, 0.25) is 0 Å². The van der Waals surface area contributed by atoms with Crippen molar-refractivity contribution in [3.8, 4) is 0 Å². The monoisotopic (exact) mass is 481 g/mol. The summed E-state index contributed by atoms with van der Waals surface area (Å²) in [6.45, 7) is 3.63. The highest BCUT2D eigenvalue weighted by molar-refractivity contribution is 14.0. The number of nitrogens with zero attached hydrogens (tertiary/aromatic N) is 5. The minimum Gasteiger partial charge on any atom is -0.354 e. The second-order valence-electron chi connectivity index (χ2n) is 5.98. The summed E-state index contributed by atoms with van der Waals surface area (Å²) in [6.07, 6.45) is 3.41. The van der Waals surface area contributed by atoms with Crippen LogP contribution >= 0.6 is 24.0 Å². The van der Waals surface area contributed by atoms with Crippen LogP contribution < -0.4 is 10.6 Å². The van der Waals surface area contributed by atoms with Gasteiger partial charge < -0.3 is 10.6 Å². The van der Waals surface area contributed by atoms with Crippen LogP contribution in [-0.2, 0) is 20.0 Å². The summed E-state index contributed by atoms with van der Waals surface area (Å²) in [5, 5.41) is 10.7. The molecule has 2 aromatic rings. The van der Waals surface area contributed by atoms with Crippen molar-refractivity contribution in [3.63, 3.8) is 0 Å². The van der Waals surface area contributed by atoms with Gasteiger partial charge in [0.15, 0.2) is 5.96 Å². The zero-order chi connectivity index (χ0) is 18.6. The van der Waals surface area contributed by atoms with Gasteiger partial charge in [-0.15, -0.1) is 24.0 Å². The molecule has 1 atom stereocenters. The minimum atomic E-state index is -2.61. The molecular weight excluding hydrogens is 455 g/mol. The van der Waals surface area contributed by atoms with Crippen LogP contribution in [0.25, 0.3) is 0 Å². The number of halogens is 3. The maximum Gasteiger partial charge on any atom is 0.319 e. The summed E-state index contributed by atoms with van der Waals surface area (Å²) in [5.41, 5.74) is 3.34. The van der Waals surface area contributed by atoms with Gasteiger partial charge in [-0.05, 0) is 32.8 Å². The highest BCUT2D eigenvalue weighted by Gasteiger charge is 2.15. The molecule has 7 nitrogen and oxygen atoms in total. The zero-order valence-electron chi connectivity index (χ0n) is 15.6. The summed E-state index contributed by atoms with van der Waals surface area (Å²) in [4.78, 5) is 8.09. The van der Waals surface area contributed by atoms with Gasteiger partial charge in [-0.3, -0.25) is 14.2 Å². The predicted molar refractivity (Wildman–Crippen MR) is 108 cm³/mol. The summed E-state index contributed by atoms with van der Waals surface area (Å²) in [6, 6.07) is 0.0997. The number of hydrogen-bond acceptors (Lipinski definition) is 3. The molecule has 2 rings (SSSR count). The Morgan fingerprint density at radius 3 is 2.58 bits per heavy atom. The van der Waals surface area contributed by atoms with Crippen LogP contribution in [-0.4, -0.2) is 38.4 Å². The fourth-order valence-corrected chi connectivity index (χ4v) is 2.72. The molecule has 26 heavy (non-hydrogen) atoms. The molecule has 1 unspecified atom stereocenters. The maximum absolute atomic E-state index is 12.8. The largest absolute Gasteiger partial charge is 0.354 e. The molecule has 10 heteroatoms. The van der Waals surface area contributed by atoms with Gasteiger partial charge in [-0.2, -0.15) is 13.9 Å². The van der Waals surface area contributed by atoms with Crippen LogP contribution in [0.2, 0.25) is 0 Å². The lowest BCUT2D eigenvalue weighted by atomic mass is 10.1. The first-order chi connectivity index (χ1) is 11.8. The van der Waals surface area contributed by atoms with Crippen molar-refractivity contribution < 1.29 is 8.78 Å². The standard InChI is InChI=1S/C16H25F2N7.HI/c1-10(8-13-11(2)23-24(5)12(13)3)22-16(19-4)21-9-14-20-6-7-25(14)15(17)18;/h6-7,10,15H,8-9H2,1-5H3,(H2,19,21,22);1H. The van der Waals surface area contributed by atoms with E-state index in [1.54, 1.807) is 7.05 Å². The third-order valence-corrected chi connectivity index (χ3v) is 4.15. The average Bonchev–Trinajstić information content (AvgIpc) is 3.12. The lowest BCUT2D eigenvalue weighted by Gasteiger charge is -2.18. The van der Waals surface area contributed by atoms with Gasteiger partial charge in [0, 0.05) is 38.2 Å². The molecule has 0 amide bonds. The molecule has 0 saturated heterocycles. The van der Waals surface area contributed by atoms with Gasteiger partial charge in [0.25, 0.3) is 0 Å². The quantitative estimate of drug-likeness (QED) is 0.378.